The monoisotopic (exact) mass is 451 g/mol. The lowest BCUT2D eigenvalue weighted by molar-refractivity contribution is -0.241. The predicted octanol–water partition coefficient (Wildman–Crippen LogP) is 3.82. The molecule has 7 heteroatoms. The van der Waals surface area contributed by atoms with Crippen LogP contribution in [-0.2, 0) is 19.1 Å². The topological polar surface area (TPSA) is 72.8 Å². The minimum Gasteiger partial charge on any atom is -0.390 e. The van der Waals surface area contributed by atoms with Gasteiger partial charge in [0.15, 0.2) is 23.5 Å². The van der Waals surface area contributed by atoms with E-state index in [2.05, 4.69) is 6.92 Å². The maximum atomic E-state index is 17.2. The van der Waals surface area contributed by atoms with Crippen molar-refractivity contribution >= 4 is 11.6 Å². The quantitative estimate of drug-likeness (QED) is 0.706. The van der Waals surface area contributed by atoms with Crippen molar-refractivity contribution in [3.8, 4) is 0 Å². The lowest BCUT2D eigenvalue weighted by atomic mass is 9.43. The molecule has 5 aliphatic rings. The summed E-state index contributed by atoms with van der Waals surface area (Å²) in [5.74, 6) is -1.85. The van der Waals surface area contributed by atoms with E-state index in [1.54, 1.807) is 6.92 Å². The number of Topliss-reactive ketones (excluding diaryl/α,β-unsaturated/α-hetero) is 1. The highest BCUT2D eigenvalue weighted by Crippen LogP contribution is 2.72. The van der Waals surface area contributed by atoms with Crippen molar-refractivity contribution in [2.75, 3.05) is 0 Å². The van der Waals surface area contributed by atoms with Crippen molar-refractivity contribution in [2.24, 2.45) is 22.7 Å². The van der Waals surface area contributed by atoms with Crippen LogP contribution in [0.15, 0.2) is 11.6 Å². The Bertz CT molecular complexity index is 890. The van der Waals surface area contributed by atoms with Gasteiger partial charge in [-0.3, -0.25) is 9.59 Å². The fraction of sp³-hybridized carbons (Fsp3) is 0.800. The standard InChI is InChI=1S/C25H33F2O5/c1-5-6-21-31-20-11-15-16-10-18(26)17-9-14(29)7-8-22(17,3)24(16,27)19(30)12-23(15,4)25(20,32-21)13(2)28/h9,15-16,18-21,30H,2,5-8,10-12H2,1,3-4H3/t15-,16-,18-,19-,20+,21?,22-,23-,24-,25+/m0/s1. The molecule has 1 saturated heterocycles. The molecule has 1 N–H and O–H groups in total. The summed E-state index contributed by atoms with van der Waals surface area (Å²) < 4.78 is 45.1. The van der Waals surface area contributed by atoms with Gasteiger partial charge in [0.2, 0.25) is 0 Å². The predicted molar refractivity (Wildman–Crippen MR) is 112 cm³/mol. The van der Waals surface area contributed by atoms with Crippen molar-refractivity contribution in [3.63, 3.8) is 0 Å². The normalized spacial score (nSPS) is 54.3. The molecule has 0 aromatic heterocycles. The third kappa shape index (κ3) is 2.43. The molecule has 0 bridgehead atoms. The van der Waals surface area contributed by atoms with Gasteiger partial charge in [0.05, 0.1) is 12.2 Å². The second kappa shape index (κ2) is 6.92. The second-order valence-electron chi connectivity index (χ2n) is 11.1. The lowest BCUT2D eigenvalue weighted by Crippen LogP contribution is -2.71. The summed E-state index contributed by atoms with van der Waals surface area (Å²) in [6.07, 6.45) is -0.794. The van der Waals surface area contributed by atoms with E-state index in [1.807, 2.05) is 13.8 Å². The van der Waals surface area contributed by atoms with E-state index in [9.17, 15) is 14.7 Å². The van der Waals surface area contributed by atoms with Crippen LogP contribution in [0.25, 0.3) is 0 Å². The summed E-state index contributed by atoms with van der Waals surface area (Å²) >= 11 is 0. The maximum absolute atomic E-state index is 17.2. The molecule has 4 fully saturated rings. The Morgan fingerprint density at radius 2 is 2.03 bits per heavy atom. The summed E-state index contributed by atoms with van der Waals surface area (Å²) in [4.78, 5) is 25.0. The van der Waals surface area contributed by atoms with E-state index >= 15 is 8.78 Å². The van der Waals surface area contributed by atoms with Crippen LogP contribution >= 0.6 is 0 Å². The maximum Gasteiger partial charge on any atom is 0.168 e. The summed E-state index contributed by atoms with van der Waals surface area (Å²) in [5, 5.41) is 11.4. The number of aliphatic hydroxyl groups is 1. The smallest absolute Gasteiger partial charge is 0.168 e. The number of hydrogen-bond donors (Lipinski definition) is 1. The number of alkyl halides is 2. The van der Waals surface area contributed by atoms with Crippen molar-refractivity contribution in [1.29, 1.82) is 0 Å². The number of carbonyl (C=O) groups is 2. The second-order valence-corrected chi connectivity index (χ2v) is 11.1. The lowest BCUT2D eigenvalue weighted by Gasteiger charge is -2.64. The van der Waals surface area contributed by atoms with Gasteiger partial charge < -0.3 is 14.6 Å². The van der Waals surface area contributed by atoms with Gasteiger partial charge in [-0.05, 0) is 49.7 Å². The first-order valence-corrected chi connectivity index (χ1v) is 11.9. The van der Waals surface area contributed by atoms with Gasteiger partial charge in [-0.1, -0.05) is 27.2 Å². The molecule has 5 nitrogen and oxygen atoms in total. The molecule has 10 atom stereocenters. The zero-order valence-corrected chi connectivity index (χ0v) is 19.0. The number of allylic oxidation sites excluding steroid dienone is 1. The molecular weight excluding hydrogens is 418 g/mol. The molecule has 5 rings (SSSR count). The van der Waals surface area contributed by atoms with E-state index in [0.717, 1.165) is 6.42 Å². The average molecular weight is 452 g/mol. The van der Waals surface area contributed by atoms with Crippen LogP contribution in [0.5, 0.6) is 0 Å². The van der Waals surface area contributed by atoms with E-state index in [-0.39, 0.29) is 37.0 Å². The van der Waals surface area contributed by atoms with Crippen LogP contribution in [0.1, 0.15) is 65.7 Å². The SMILES string of the molecule is [CH2]C(=O)[C@@]12OC(CCC)O[C@@H]1C[C@H]1[C@@H]3C[C@H](F)C4=CC(=O)CC[C@]4(C)[C@@]3(F)[C@@H](O)C[C@@]12C. The molecule has 1 unspecified atom stereocenters. The number of aliphatic hydroxyl groups excluding tert-OH is 1. The van der Waals surface area contributed by atoms with Gasteiger partial charge in [0.25, 0.3) is 0 Å². The molecule has 4 aliphatic carbocycles. The largest absolute Gasteiger partial charge is 0.390 e. The summed E-state index contributed by atoms with van der Waals surface area (Å²) in [5.41, 5.74) is -5.49. The van der Waals surface area contributed by atoms with E-state index in [1.165, 1.54) is 6.08 Å². The van der Waals surface area contributed by atoms with Crippen LogP contribution in [-0.4, -0.2) is 52.6 Å². The minimum absolute atomic E-state index is 0.00159. The van der Waals surface area contributed by atoms with E-state index < -0.39 is 64.4 Å². The number of ether oxygens (including phenoxy) is 2. The molecular formula is C25H33F2O5. The van der Waals surface area contributed by atoms with Crippen molar-refractivity contribution in [2.45, 2.75) is 102 Å². The number of carbonyl (C=O) groups excluding carboxylic acids is 2. The molecule has 32 heavy (non-hydrogen) atoms. The van der Waals surface area contributed by atoms with Crippen LogP contribution in [0.3, 0.4) is 0 Å². The van der Waals surface area contributed by atoms with Crippen molar-refractivity contribution in [3.05, 3.63) is 18.6 Å². The van der Waals surface area contributed by atoms with Crippen molar-refractivity contribution < 1.29 is 33.0 Å². The Morgan fingerprint density at radius 3 is 2.69 bits per heavy atom. The molecule has 0 spiro atoms. The third-order valence-electron chi connectivity index (χ3n) is 9.76. The van der Waals surface area contributed by atoms with Gasteiger partial charge >= 0.3 is 0 Å². The third-order valence-corrected chi connectivity index (χ3v) is 9.76. The number of ketones is 2. The fourth-order valence-corrected chi connectivity index (χ4v) is 8.24. The summed E-state index contributed by atoms with van der Waals surface area (Å²) in [6.45, 7) is 9.19. The van der Waals surface area contributed by atoms with Crippen LogP contribution in [0.4, 0.5) is 8.78 Å². The summed E-state index contributed by atoms with van der Waals surface area (Å²) in [6, 6.07) is 0. The Labute approximate surface area is 187 Å². The Hall–Kier alpha value is -1.18. The Kier molecular flexibility index (Phi) is 4.89. The zero-order valence-electron chi connectivity index (χ0n) is 19.0. The number of hydrogen-bond acceptors (Lipinski definition) is 5. The molecule has 1 radical (unpaired) electrons. The molecule has 1 heterocycles. The van der Waals surface area contributed by atoms with Crippen molar-refractivity contribution in [1.82, 2.24) is 0 Å². The number of fused-ring (bicyclic) bond motifs is 7. The zero-order chi connectivity index (χ0) is 23.3. The summed E-state index contributed by atoms with van der Waals surface area (Å²) in [7, 11) is 0. The highest BCUT2D eigenvalue weighted by Gasteiger charge is 2.79. The van der Waals surface area contributed by atoms with Crippen LogP contribution in [0.2, 0.25) is 0 Å². The number of halogens is 2. The average Bonchev–Trinajstić information content (AvgIpc) is 3.19. The first-order valence-electron chi connectivity index (χ1n) is 11.9. The van der Waals surface area contributed by atoms with Gasteiger partial charge in [0.1, 0.15) is 11.8 Å². The van der Waals surface area contributed by atoms with Crippen LogP contribution in [0, 0.1) is 29.6 Å². The molecule has 0 aromatic rings. The molecule has 0 amide bonds. The number of rotatable bonds is 3. The van der Waals surface area contributed by atoms with Gasteiger partial charge in [0, 0.05) is 30.1 Å². The minimum atomic E-state index is -2.10. The van der Waals surface area contributed by atoms with Crippen LogP contribution < -0.4 is 0 Å². The highest BCUT2D eigenvalue weighted by molar-refractivity contribution is 5.94. The molecule has 3 saturated carbocycles. The molecule has 177 valence electrons. The van der Waals surface area contributed by atoms with Gasteiger partial charge in [-0.25, -0.2) is 8.78 Å². The van der Waals surface area contributed by atoms with E-state index in [0.29, 0.717) is 12.8 Å². The fourth-order valence-electron chi connectivity index (χ4n) is 8.24. The Morgan fingerprint density at radius 1 is 1.31 bits per heavy atom. The van der Waals surface area contributed by atoms with Gasteiger partial charge in [-0.15, -0.1) is 0 Å². The Balaban J connectivity index is 1.61. The van der Waals surface area contributed by atoms with E-state index in [4.69, 9.17) is 9.47 Å². The first kappa shape index (κ1) is 22.6. The molecule has 1 aliphatic heterocycles. The van der Waals surface area contributed by atoms with Gasteiger partial charge in [-0.2, -0.15) is 0 Å². The highest BCUT2D eigenvalue weighted by atomic mass is 19.1. The molecule has 0 aromatic carbocycles. The first-order chi connectivity index (χ1) is 15.0.